The van der Waals surface area contributed by atoms with E-state index in [1.807, 2.05) is 44.0 Å². The Morgan fingerprint density at radius 2 is 1.77 bits per heavy atom. The number of carbonyl (C=O) groups excluding carboxylic acids is 1. The fraction of sp³-hybridized carbons (Fsp3) is 0.400. The zero-order chi connectivity index (χ0) is 34.6. The number of amides is 1. The van der Waals surface area contributed by atoms with Crippen LogP contribution >= 0.6 is 0 Å². The van der Waals surface area contributed by atoms with Crippen molar-refractivity contribution < 1.29 is 22.7 Å². The quantitative estimate of drug-likeness (QED) is 0.263. The van der Waals surface area contributed by atoms with Gasteiger partial charge in [0.2, 0.25) is 17.8 Å². The molecule has 0 aliphatic carbocycles. The fourth-order valence-electron chi connectivity index (χ4n) is 5.71. The van der Waals surface area contributed by atoms with E-state index in [9.17, 15) is 13.2 Å². The number of sulfonamides is 1. The van der Waals surface area contributed by atoms with Gasteiger partial charge in [-0.2, -0.15) is 4.98 Å². The van der Waals surface area contributed by atoms with Crippen molar-refractivity contribution in [2.75, 3.05) is 43.5 Å². The second kappa shape index (κ2) is 14.2. The fourth-order valence-corrected chi connectivity index (χ4v) is 6.70. The monoisotopic (exact) mass is 673 g/mol. The van der Waals surface area contributed by atoms with Gasteiger partial charge >= 0.3 is 0 Å². The summed E-state index contributed by atoms with van der Waals surface area (Å²) in [6, 6.07) is 14.9. The Morgan fingerprint density at radius 1 is 1.04 bits per heavy atom. The van der Waals surface area contributed by atoms with Crippen LogP contribution in [0, 0.1) is 19.3 Å². The molecular weight excluding hydrogens is 630 g/mol. The van der Waals surface area contributed by atoms with Gasteiger partial charge in [-0.25, -0.2) is 28.1 Å². The van der Waals surface area contributed by atoms with E-state index in [-0.39, 0.29) is 46.8 Å². The maximum Gasteiger partial charge on any atom is 0.264 e. The summed E-state index contributed by atoms with van der Waals surface area (Å²) in [7, 11) is -0.669. The van der Waals surface area contributed by atoms with E-state index in [1.165, 1.54) is 12.1 Å². The molecule has 13 heteroatoms. The number of methoxy groups -OCH3 is 1. The van der Waals surface area contributed by atoms with Crippen LogP contribution in [0.5, 0.6) is 5.88 Å². The zero-order valence-corrected chi connectivity index (χ0v) is 29.3. The van der Waals surface area contributed by atoms with Crippen LogP contribution in [0.2, 0.25) is 0 Å². The summed E-state index contributed by atoms with van der Waals surface area (Å²) in [6.07, 6.45) is 2.24. The lowest BCUT2D eigenvalue weighted by atomic mass is 9.87. The number of aryl methyl sites for hydroxylation is 2. The molecule has 48 heavy (non-hydrogen) atoms. The number of carbonyl (C=O) groups is 1. The molecule has 4 aromatic rings. The number of ether oxygens (including phenoxy) is 2. The third-order valence-electron chi connectivity index (χ3n) is 8.04. The number of hydrogen-bond acceptors (Lipinski definition) is 10. The summed E-state index contributed by atoms with van der Waals surface area (Å²) in [4.78, 5) is 36.2. The molecule has 1 aliphatic rings. The van der Waals surface area contributed by atoms with E-state index in [4.69, 9.17) is 14.5 Å². The first kappa shape index (κ1) is 34.7. The summed E-state index contributed by atoms with van der Waals surface area (Å²) in [5.41, 5.74) is 3.94. The van der Waals surface area contributed by atoms with Crippen LogP contribution in [0.4, 0.5) is 11.9 Å². The number of anilines is 2. The van der Waals surface area contributed by atoms with Gasteiger partial charge in [0.05, 0.1) is 35.5 Å². The van der Waals surface area contributed by atoms with E-state index in [0.29, 0.717) is 36.9 Å². The topological polar surface area (TPSA) is 140 Å². The number of nitrogens with one attached hydrogen (secondary N) is 1. The van der Waals surface area contributed by atoms with E-state index >= 15 is 0 Å². The second-order valence-corrected chi connectivity index (χ2v) is 14.9. The average Bonchev–Trinajstić information content (AvgIpc) is 3.03. The highest BCUT2D eigenvalue weighted by Crippen LogP contribution is 2.31. The number of benzene rings is 2. The van der Waals surface area contributed by atoms with Gasteiger partial charge < -0.3 is 19.3 Å². The Hall–Kier alpha value is -4.62. The zero-order valence-electron chi connectivity index (χ0n) is 28.5. The smallest absolute Gasteiger partial charge is 0.264 e. The Labute approximate surface area is 282 Å². The molecule has 0 saturated heterocycles. The SMILES string of the molecule is COCCN(C)c1nccc(CN2C(=O)c3cccc(c3)S(=O)(=O)Nc3nc(cc(-c4c(C)cccc4C)n3)OC[C@H]2CC(C)(C)C)n1. The Kier molecular flexibility index (Phi) is 10.3. The lowest BCUT2D eigenvalue weighted by Gasteiger charge is -2.35. The van der Waals surface area contributed by atoms with Crippen molar-refractivity contribution in [2.24, 2.45) is 5.41 Å². The van der Waals surface area contributed by atoms with Gasteiger partial charge in [0.15, 0.2) is 0 Å². The first-order valence-electron chi connectivity index (χ1n) is 15.8. The molecule has 1 aliphatic heterocycles. The number of fused-ring (bicyclic) bond motifs is 4. The van der Waals surface area contributed by atoms with Gasteiger partial charge in [-0.05, 0) is 61.1 Å². The van der Waals surface area contributed by atoms with Crippen LogP contribution < -0.4 is 14.4 Å². The van der Waals surface area contributed by atoms with E-state index in [2.05, 4.69) is 40.4 Å². The number of hydrogen-bond donors (Lipinski definition) is 1. The van der Waals surface area contributed by atoms with Crippen molar-refractivity contribution in [3.8, 4) is 17.1 Å². The molecule has 12 nitrogen and oxygen atoms in total. The predicted molar refractivity (Wildman–Crippen MR) is 185 cm³/mol. The molecule has 1 atom stereocenters. The number of likely N-dealkylation sites (N-methyl/N-ethyl adjacent to an activating group) is 1. The average molecular weight is 674 g/mol. The highest BCUT2D eigenvalue weighted by Gasteiger charge is 2.32. The molecule has 254 valence electrons. The minimum atomic E-state index is -4.18. The first-order valence-corrected chi connectivity index (χ1v) is 17.3. The van der Waals surface area contributed by atoms with Crippen LogP contribution in [0.1, 0.15) is 54.4 Å². The van der Waals surface area contributed by atoms with Gasteiger partial charge in [-0.15, -0.1) is 0 Å². The van der Waals surface area contributed by atoms with Crippen LogP contribution in [0.3, 0.4) is 0 Å². The predicted octanol–water partition coefficient (Wildman–Crippen LogP) is 5.27. The maximum absolute atomic E-state index is 14.4. The molecule has 5 rings (SSSR count). The summed E-state index contributed by atoms with van der Waals surface area (Å²) in [6.45, 7) is 11.6. The molecule has 2 aromatic carbocycles. The molecule has 0 radical (unpaired) electrons. The van der Waals surface area contributed by atoms with Gasteiger partial charge in [0.1, 0.15) is 6.61 Å². The number of rotatable bonds is 8. The highest BCUT2D eigenvalue weighted by atomic mass is 32.2. The molecule has 1 N–H and O–H groups in total. The van der Waals surface area contributed by atoms with E-state index in [1.54, 1.807) is 42.5 Å². The summed E-state index contributed by atoms with van der Waals surface area (Å²) < 4.78 is 41.5. The third kappa shape index (κ3) is 8.26. The summed E-state index contributed by atoms with van der Waals surface area (Å²) in [5.74, 6) is 0.197. The molecule has 0 saturated carbocycles. The van der Waals surface area contributed by atoms with E-state index in [0.717, 1.165) is 16.7 Å². The van der Waals surface area contributed by atoms with Crippen LogP contribution in [-0.2, 0) is 21.3 Å². The molecule has 2 aromatic heterocycles. The van der Waals surface area contributed by atoms with Crippen LogP contribution in [0.25, 0.3) is 11.3 Å². The lowest BCUT2D eigenvalue weighted by Crippen LogP contribution is -2.45. The minimum Gasteiger partial charge on any atom is -0.475 e. The molecule has 0 unspecified atom stereocenters. The van der Waals surface area contributed by atoms with Gasteiger partial charge in [0.25, 0.3) is 15.9 Å². The van der Waals surface area contributed by atoms with Gasteiger partial charge in [0, 0.05) is 44.1 Å². The maximum atomic E-state index is 14.4. The molecular formula is C35H43N7O5S. The highest BCUT2D eigenvalue weighted by molar-refractivity contribution is 7.92. The van der Waals surface area contributed by atoms with Crippen molar-refractivity contribution in [2.45, 2.75) is 58.5 Å². The molecule has 4 bridgehead atoms. The van der Waals surface area contributed by atoms with Crippen molar-refractivity contribution in [1.29, 1.82) is 0 Å². The summed E-state index contributed by atoms with van der Waals surface area (Å²) >= 11 is 0. The van der Waals surface area contributed by atoms with Crippen molar-refractivity contribution in [3.05, 3.63) is 83.2 Å². The third-order valence-corrected chi connectivity index (χ3v) is 9.36. The number of aromatic nitrogens is 4. The van der Waals surface area contributed by atoms with Crippen molar-refractivity contribution >= 4 is 27.8 Å². The number of nitrogens with zero attached hydrogens (tertiary/aromatic N) is 6. The summed E-state index contributed by atoms with van der Waals surface area (Å²) in [5, 5.41) is 0. The first-order chi connectivity index (χ1) is 22.7. The molecule has 1 amide bonds. The Balaban J connectivity index is 1.64. The largest absolute Gasteiger partial charge is 0.475 e. The standard InChI is InChI=1S/C35H43N7O5S/c1-23-10-8-11-24(2)31(23)29-19-30-39-33(38-29)40-48(44,45)28-13-9-12-25(18-28)32(43)42(27(22-47-30)20-35(3,4)5)21-26-14-15-36-34(37-26)41(6)16-17-46-7/h8-15,18-19,27H,16-17,20-22H2,1-7H3,(H,38,39,40)/t27-/m1/s1. The van der Waals surface area contributed by atoms with Gasteiger partial charge in [-0.1, -0.05) is 45.0 Å². The Morgan fingerprint density at radius 3 is 2.48 bits per heavy atom. The van der Waals surface area contributed by atoms with Crippen LogP contribution in [-0.4, -0.2) is 79.1 Å². The van der Waals surface area contributed by atoms with E-state index < -0.39 is 16.1 Å². The molecule has 3 heterocycles. The Bertz CT molecular complexity index is 1870. The minimum absolute atomic E-state index is 0.0871. The van der Waals surface area contributed by atoms with Crippen LogP contribution in [0.15, 0.2) is 65.7 Å². The van der Waals surface area contributed by atoms with Crippen molar-refractivity contribution in [1.82, 2.24) is 24.8 Å². The lowest BCUT2D eigenvalue weighted by molar-refractivity contribution is 0.0509. The van der Waals surface area contributed by atoms with Gasteiger partial charge in [-0.3, -0.25) is 4.79 Å². The molecule has 0 fully saturated rings. The van der Waals surface area contributed by atoms with Crippen molar-refractivity contribution in [3.63, 3.8) is 0 Å². The second-order valence-electron chi connectivity index (χ2n) is 13.2. The normalized spacial score (nSPS) is 16.2. The molecule has 0 spiro atoms.